The van der Waals surface area contributed by atoms with Crippen LogP contribution in [0.25, 0.3) is 0 Å². The van der Waals surface area contributed by atoms with Crippen LogP contribution in [0.1, 0.15) is 70.8 Å². The summed E-state index contributed by atoms with van der Waals surface area (Å²) in [5.41, 5.74) is 1.14. The number of aliphatic imine (C=N–C) groups is 1. The minimum absolute atomic E-state index is 0. The van der Waals surface area contributed by atoms with Gasteiger partial charge in [0.05, 0.1) is 6.54 Å². The number of piperidine rings is 1. The molecule has 0 spiro atoms. The largest absolute Gasteiger partial charge is 0.474 e. The third-order valence-corrected chi connectivity index (χ3v) is 6.75. The van der Waals surface area contributed by atoms with Crippen LogP contribution in [0.2, 0.25) is 0 Å². The van der Waals surface area contributed by atoms with Gasteiger partial charge in [-0.2, -0.15) is 0 Å². The number of ether oxygens (including phenoxy) is 1. The van der Waals surface area contributed by atoms with Gasteiger partial charge in [-0.25, -0.2) is 9.98 Å². The minimum Gasteiger partial charge on any atom is -0.474 e. The summed E-state index contributed by atoms with van der Waals surface area (Å²) in [7, 11) is 0. The zero-order chi connectivity index (χ0) is 20.8. The third kappa shape index (κ3) is 7.77. The van der Waals surface area contributed by atoms with Gasteiger partial charge in [-0.1, -0.05) is 6.92 Å². The quantitative estimate of drug-likeness (QED) is 0.306. The number of pyridine rings is 1. The van der Waals surface area contributed by atoms with E-state index in [0.29, 0.717) is 18.7 Å². The smallest absolute Gasteiger partial charge is 0.213 e. The fourth-order valence-electron chi connectivity index (χ4n) is 4.66. The number of likely N-dealkylation sites (tertiary alicyclic amines) is 1. The first kappa shape index (κ1) is 24.6. The monoisotopic (exact) mass is 541 g/mol. The molecule has 0 aromatic carbocycles. The van der Waals surface area contributed by atoms with E-state index < -0.39 is 0 Å². The van der Waals surface area contributed by atoms with E-state index in [-0.39, 0.29) is 24.0 Å². The third-order valence-electron chi connectivity index (χ3n) is 6.75. The molecule has 1 aromatic heterocycles. The predicted octanol–water partition coefficient (Wildman–Crippen LogP) is 4.34. The first-order chi connectivity index (χ1) is 14.7. The van der Waals surface area contributed by atoms with Gasteiger partial charge in [-0.15, -0.1) is 24.0 Å². The van der Waals surface area contributed by atoms with Crippen LogP contribution >= 0.6 is 24.0 Å². The highest BCUT2D eigenvalue weighted by molar-refractivity contribution is 14.0. The molecule has 4 rings (SSSR count). The molecular formula is C24H40IN5O. The normalized spacial score (nSPS) is 25.5. The molecule has 1 aromatic rings. The molecule has 31 heavy (non-hydrogen) atoms. The van der Waals surface area contributed by atoms with E-state index in [0.717, 1.165) is 48.7 Å². The second kappa shape index (κ2) is 12.2. The van der Waals surface area contributed by atoms with Gasteiger partial charge in [0.25, 0.3) is 0 Å². The first-order valence-electron chi connectivity index (χ1n) is 12.1. The molecule has 2 N–H and O–H groups in total. The lowest BCUT2D eigenvalue weighted by Crippen LogP contribution is -2.49. The van der Waals surface area contributed by atoms with Crippen LogP contribution in [0.15, 0.2) is 23.3 Å². The highest BCUT2D eigenvalue weighted by Gasteiger charge is 2.31. The van der Waals surface area contributed by atoms with Crippen LogP contribution in [0.5, 0.6) is 5.88 Å². The van der Waals surface area contributed by atoms with Crippen LogP contribution in [0, 0.1) is 5.92 Å². The van der Waals surface area contributed by atoms with Crippen LogP contribution in [-0.2, 0) is 6.54 Å². The molecule has 2 heterocycles. The second-order valence-corrected chi connectivity index (χ2v) is 9.38. The molecule has 0 amide bonds. The highest BCUT2D eigenvalue weighted by Crippen LogP contribution is 2.29. The van der Waals surface area contributed by atoms with E-state index in [2.05, 4.69) is 40.4 Å². The lowest BCUT2D eigenvalue weighted by molar-refractivity contribution is 0.130. The SMILES string of the molecule is CCNC(=NCc1ccnc(OC2CCC(C)CC2)c1)NC1CCN(C2CC2)CC1.I. The van der Waals surface area contributed by atoms with Crippen molar-refractivity contribution in [2.24, 2.45) is 10.9 Å². The zero-order valence-corrected chi connectivity index (χ0v) is 21.5. The average Bonchev–Trinajstić information content (AvgIpc) is 3.60. The molecule has 2 saturated carbocycles. The Balaban J connectivity index is 0.00000272. The van der Waals surface area contributed by atoms with Crippen molar-refractivity contribution in [2.75, 3.05) is 19.6 Å². The Labute approximate surface area is 205 Å². The Morgan fingerprint density at radius 1 is 1.13 bits per heavy atom. The summed E-state index contributed by atoms with van der Waals surface area (Å²) in [5.74, 6) is 2.49. The topological polar surface area (TPSA) is 61.8 Å². The predicted molar refractivity (Wildman–Crippen MR) is 137 cm³/mol. The van der Waals surface area contributed by atoms with Crippen molar-refractivity contribution in [2.45, 2.75) is 89.9 Å². The van der Waals surface area contributed by atoms with E-state index in [4.69, 9.17) is 9.73 Å². The van der Waals surface area contributed by atoms with Crippen molar-refractivity contribution in [3.63, 3.8) is 0 Å². The van der Waals surface area contributed by atoms with Crippen molar-refractivity contribution < 1.29 is 4.74 Å². The molecule has 0 radical (unpaired) electrons. The number of hydrogen-bond donors (Lipinski definition) is 2. The van der Waals surface area contributed by atoms with E-state index in [1.807, 2.05) is 12.3 Å². The Kier molecular flexibility index (Phi) is 9.69. The number of hydrogen-bond acceptors (Lipinski definition) is 4. The maximum Gasteiger partial charge on any atom is 0.213 e. The van der Waals surface area contributed by atoms with Gasteiger partial charge in [-0.05, 0) is 75.8 Å². The van der Waals surface area contributed by atoms with E-state index >= 15 is 0 Å². The van der Waals surface area contributed by atoms with Gasteiger partial charge in [-0.3, -0.25) is 0 Å². The molecule has 1 aliphatic heterocycles. The Morgan fingerprint density at radius 2 is 1.87 bits per heavy atom. The van der Waals surface area contributed by atoms with Crippen LogP contribution in [-0.4, -0.2) is 53.7 Å². The number of rotatable bonds is 7. The van der Waals surface area contributed by atoms with Crippen molar-refractivity contribution in [1.82, 2.24) is 20.5 Å². The molecule has 6 nitrogen and oxygen atoms in total. The lowest BCUT2D eigenvalue weighted by Gasteiger charge is -2.33. The highest BCUT2D eigenvalue weighted by atomic mass is 127. The van der Waals surface area contributed by atoms with Crippen molar-refractivity contribution in [3.05, 3.63) is 23.9 Å². The molecule has 174 valence electrons. The summed E-state index contributed by atoms with van der Waals surface area (Å²) in [6, 6.07) is 5.49. The van der Waals surface area contributed by atoms with Crippen LogP contribution in [0.4, 0.5) is 0 Å². The molecular weight excluding hydrogens is 501 g/mol. The number of aromatic nitrogens is 1. The van der Waals surface area contributed by atoms with E-state index in [1.165, 1.54) is 51.6 Å². The number of nitrogens with one attached hydrogen (secondary N) is 2. The molecule has 0 atom stereocenters. The minimum atomic E-state index is 0. The zero-order valence-electron chi connectivity index (χ0n) is 19.2. The van der Waals surface area contributed by atoms with E-state index in [9.17, 15) is 0 Å². The molecule has 0 bridgehead atoms. The maximum absolute atomic E-state index is 6.16. The van der Waals surface area contributed by atoms with E-state index in [1.54, 1.807) is 0 Å². The molecule has 1 saturated heterocycles. The summed E-state index contributed by atoms with van der Waals surface area (Å²) in [6.45, 7) is 8.39. The van der Waals surface area contributed by atoms with Crippen molar-refractivity contribution in [3.8, 4) is 5.88 Å². The van der Waals surface area contributed by atoms with Gasteiger partial charge in [0.2, 0.25) is 5.88 Å². The average molecular weight is 542 g/mol. The fraction of sp³-hybridized carbons (Fsp3) is 0.750. The summed E-state index contributed by atoms with van der Waals surface area (Å²) in [4.78, 5) is 11.9. The van der Waals surface area contributed by atoms with Gasteiger partial charge in [0.1, 0.15) is 6.10 Å². The second-order valence-electron chi connectivity index (χ2n) is 9.38. The van der Waals surface area contributed by atoms with Crippen LogP contribution < -0.4 is 15.4 Å². The molecule has 3 fully saturated rings. The Bertz CT molecular complexity index is 695. The van der Waals surface area contributed by atoms with Gasteiger partial charge < -0.3 is 20.3 Å². The first-order valence-corrected chi connectivity index (χ1v) is 12.1. The Morgan fingerprint density at radius 3 is 2.55 bits per heavy atom. The summed E-state index contributed by atoms with van der Waals surface area (Å²) >= 11 is 0. The summed E-state index contributed by atoms with van der Waals surface area (Å²) in [5, 5.41) is 7.07. The Hall–Kier alpha value is -1.09. The van der Waals surface area contributed by atoms with Gasteiger partial charge in [0, 0.05) is 44.0 Å². The number of nitrogens with zero attached hydrogens (tertiary/aromatic N) is 3. The maximum atomic E-state index is 6.16. The molecule has 2 aliphatic carbocycles. The van der Waals surface area contributed by atoms with Gasteiger partial charge in [0.15, 0.2) is 5.96 Å². The lowest BCUT2D eigenvalue weighted by atomic mass is 9.89. The molecule has 3 aliphatic rings. The summed E-state index contributed by atoms with van der Waals surface area (Å²) < 4.78 is 6.16. The molecule has 0 unspecified atom stereocenters. The standard InChI is InChI=1S/C24H39N5O.HI/c1-3-25-24(28-20-11-14-29(15-12-20)21-6-7-21)27-17-19-10-13-26-23(16-19)30-22-8-4-18(2)5-9-22;/h10,13,16,18,20-22H,3-9,11-12,14-15,17H2,1-2H3,(H2,25,27,28);1H. The van der Waals surface area contributed by atoms with Crippen LogP contribution in [0.3, 0.4) is 0 Å². The summed E-state index contributed by atoms with van der Waals surface area (Å²) in [6.07, 6.45) is 12.2. The molecule has 7 heteroatoms. The number of halogens is 1. The van der Waals surface area contributed by atoms with Crippen molar-refractivity contribution in [1.29, 1.82) is 0 Å². The van der Waals surface area contributed by atoms with Gasteiger partial charge >= 0.3 is 0 Å². The fourth-order valence-corrected chi connectivity index (χ4v) is 4.66. The van der Waals surface area contributed by atoms with Crippen molar-refractivity contribution >= 4 is 29.9 Å². The number of guanidine groups is 1.